The average molecular weight is 347 g/mol. The summed E-state index contributed by atoms with van der Waals surface area (Å²) in [5.74, 6) is -0.00264. The van der Waals surface area contributed by atoms with Crippen LogP contribution < -0.4 is 21.2 Å². The Morgan fingerprint density at radius 1 is 0.760 bits per heavy atom. The lowest BCUT2D eigenvalue weighted by molar-refractivity contribution is 0.0953. The topological polar surface area (TPSA) is 29.1 Å². The van der Waals surface area contributed by atoms with Crippen LogP contribution in [0.5, 0.6) is 0 Å². The predicted octanol–water partition coefficient (Wildman–Crippen LogP) is 3.58. The normalized spacial score (nSPS) is 10.6. The minimum Gasteiger partial charge on any atom is -0.352 e. The Morgan fingerprint density at radius 2 is 1.24 bits per heavy atom. The lowest BCUT2D eigenvalue weighted by Gasteiger charge is -2.19. The molecule has 0 atom stereocenters. The number of hydrogen-bond acceptors (Lipinski definition) is 1. The molecule has 0 spiro atoms. The van der Waals surface area contributed by atoms with Crippen LogP contribution >= 0.6 is 7.92 Å². The highest BCUT2D eigenvalue weighted by molar-refractivity contribution is 7.79. The van der Waals surface area contributed by atoms with Gasteiger partial charge < -0.3 is 5.32 Å². The summed E-state index contributed by atoms with van der Waals surface area (Å²) in [4.78, 5) is 12.1. The van der Waals surface area contributed by atoms with Crippen LogP contribution in [0.1, 0.15) is 23.7 Å². The highest BCUT2D eigenvalue weighted by atomic mass is 31.1. The molecule has 0 radical (unpaired) electrons. The van der Waals surface area contributed by atoms with Crippen molar-refractivity contribution in [2.24, 2.45) is 0 Å². The first-order chi connectivity index (χ1) is 12.3. The molecule has 0 aliphatic carbocycles. The van der Waals surface area contributed by atoms with Crippen molar-refractivity contribution in [2.45, 2.75) is 13.3 Å². The van der Waals surface area contributed by atoms with Crippen LogP contribution in [0.4, 0.5) is 0 Å². The van der Waals surface area contributed by atoms with Crippen LogP contribution in [0, 0.1) is 0 Å². The summed E-state index contributed by atoms with van der Waals surface area (Å²) in [5.41, 5.74) is 0.716. The third kappa shape index (κ3) is 4.35. The lowest BCUT2D eigenvalue weighted by atomic mass is 10.2. The summed E-state index contributed by atoms with van der Waals surface area (Å²) in [6, 6.07) is 29.2. The highest BCUT2D eigenvalue weighted by Crippen LogP contribution is 2.32. The molecule has 0 bridgehead atoms. The van der Waals surface area contributed by atoms with E-state index in [-0.39, 0.29) is 5.91 Å². The van der Waals surface area contributed by atoms with Gasteiger partial charge >= 0.3 is 0 Å². The molecule has 1 N–H and O–H groups in total. The fourth-order valence-electron chi connectivity index (χ4n) is 2.70. The Kier molecular flexibility index (Phi) is 5.98. The lowest BCUT2D eigenvalue weighted by Crippen LogP contribution is -2.25. The van der Waals surface area contributed by atoms with Crippen LogP contribution in [0.3, 0.4) is 0 Å². The molecule has 0 saturated carbocycles. The van der Waals surface area contributed by atoms with Crippen LogP contribution in [0.2, 0.25) is 0 Å². The smallest absolute Gasteiger partial charge is 0.251 e. The predicted molar refractivity (Wildman–Crippen MR) is 108 cm³/mol. The van der Waals surface area contributed by atoms with Crippen molar-refractivity contribution in [2.75, 3.05) is 6.54 Å². The summed E-state index contributed by atoms with van der Waals surface area (Å²) in [7, 11) is -0.620. The Labute approximate surface area is 150 Å². The minimum absolute atomic E-state index is 0.00264. The SMILES string of the molecule is CCCNC(=O)c1ccc(P(c2ccccc2)c2ccccc2)cc1. The van der Waals surface area contributed by atoms with Gasteiger partial charge in [-0.2, -0.15) is 0 Å². The first kappa shape index (κ1) is 17.4. The van der Waals surface area contributed by atoms with Crippen molar-refractivity contribution in [1.29, 1.82) is 0 Å². The molecular weight excluding hydrogens is 325 g/mol. The van der Waals surface area contributed by atoms with Crippen molar-refractivity contribution in [3.05, 3.63) is 90.5 Å². The second-order valence-electron chi connectivity index (χ2n) is 5.81. The van der Waals surface area contributed by atoms with E-state index >= 15 is 0 Å². The van der Waals surface area contributed by atoms with Gasteiger partial charge in [0.05, 0.1) is 0 Å². The number of hydrogen-bond donors (Lipinski definition) is 1. The molecule has 3 aromatic carbocycles. The summed E-state index contributed by atoms with van der Waals surface area (Å²) in [5, 5.41) is 6.80. The molecule has 1 amide bonds. The zero-order valence-corrected chi connectivity index (χ0v) is 15.2. The van der Waals surface area contributed by atoms with E-state index < -0.39 is 7.92 Å². The van der Waals surface area contributed by atoms with E-state index in [1.807, 2.05) is 24.3 Å². The van der Waals surface area contributed by atoms with Gasteiger partial charge in [0.25, 0.3) is 5.91 Å². The Hall–Kier alpha value is -2.44. The van der Waals surface area contributed by atoms with Gasteiger partial charge in [-0.05, 0) is 42.4 Å². The van der Waals surface area contributed by atoms with E-state index in [9.17, 15) is 4.79 Å². The van der Waals surface area contributed by atoms with E-state index in [0.29, 0.717) is 12.1 Å². The van der Waals surface area contributed by atoms with Crippen molar-refractivity contribution < 1.29 is 4.79 Å². The van der Waals surface area contributed by atoms with Crippen LogP contribution in [0.15, 0.2) is 84.9 Å². The van der Waals surface area contributed by atoms with Crippen molar-refractivity contribution in [1.82, 2.24) is 5.32 Å². The molecule has 0 fully saturated rings. The molecule has 2 nitrogen and oxygen atoms in total. The fraction of sp³-hybridized carbons (Fsp3) is 0.136. The van der Waals surface area contributed by atoms with Gasteiger partial charge in [0.2, 0.25) is 0 Å². The molecule has 0 heterocycles. The van der Waals surface area contributed by atoms with E-state index in [1.165, 1.54) is 15.9 Å². The molecule has 0 saturated heterocycles. The van der Waals surface area contributed by atoms with Gasteiger partial charge in [0.1, 0.15) is 0 Å². The number of carbonyl (C=O) groups excluding carboxylic acids is 1. The monoisotopic (exact) mass is 347 g/mol. The maximum absolute atomic E-state index is 12.1. The van der Waals surface area contributed by atoms with Gasteiger partial charge in [-0.25, -0.2) is 0 Å². The second-order valence-corrected chi connectivity index (χ2v) is 8.03. The molecule has 3 heteroatoms. The largest absolute Gasteiger partial charge is 0.352 e. The van der Waals surface area contributed by atoms with Gasteiger partial charge in [-0.1, -0.05) is 79.7 Å². The van der Waals surface area contributed by atoms with Gasteiger partial charge in [0, 0.05) is 12.1 Å². The molecule has 0 aliphatic heterocycles. The molecule has 3 rings (SSSR count). The third-order valence-electron chi connectivity index (χ3n) is 3.95. The van der Waals surface area contributed by atoms with Crippen LogP contribution in [-0.4, -0.2) is 12.5 Å². The van der Waals surface area contributed by atoms with Crippen molar-refractivity contribution >= 4 is 29.7 Å². The van der Waals surface area contributed by atoms with Gasteiger partial charge in [0.15, 0.2) is 0 Å². The molecule has 126 valence electrons. The summed E-state index contributed by atoms with van der Waals surface area (Å²) < 4.78 is 0. The van der Waals surface area contributed by atoms with Crippen molar-refractivity contribution in [3.8, 4) is 0 Å². The highest BCUT2D eigenvalue weighted by Gasteiger charge is 2.16. The molecule has 0 unspecified atom stereocenters. The van der Waals surface area contributed by atoms with Gasteiger partial charge in [-0.3, -0.25) is 4.79 Å². The molecule has 0 aliphatic rings. The minimum atomic E-state index is -0.620. The quantitative estimate of drug-likeness (QED) is 0.679. The second kappa shape index (κ2) is 8.60. The zero-order valence-electron chi connectivity index (χ0n) is 14.4. The van der Waals surface area contributed by atoms with Gasteiger partial charge in [-0.15, -0.1) is 0 Å². The Bertz CT molecular complexity index is 761. The maximum Gasteiger partial charge on any atom is 0.251 e. The standard InChI is InChI=1S/C22H22NOP/c1-2-17-23-22(24)18-13-15-21(16-14-18)25(19-9-5-3-6-10-19)20-11-7-4-8-12-20/h3-16H,2,17H2,1H3,(H,23,24). The zero-order chi connectivity index (χ0) is 17.5. The summed E-state index contributed by atoms with van der Waals surface area (Å²) in [6.45, 7) is 2.76. The molecule has 0 aromatic heterocycles. The Balaban J connectivity index is 1.93. The number of benzene rings is 3. The first-order valence-corrected chi connectivity index (χ1v) is 9.92. The van der Waals surface area contributed by atoms with E-state index in [0.717, 1.165) is 6.42 Å². The van der Waals surface area contributed by atoms with E-state index in [4.69, 9.17) is 0 Å². The van der Waals surface area contributed by atoms with E-state index in [1.54, 1.807) is 0 Å². The van der Waals surface area contributed by atoms with E-state index in [2.05, 4.69) is 72.9 Å². The number of amides is 1. The molecule has 25 heavy (non-hydrogen) atoms. The Morgan fingerprint density at radius 3 is 1.72 bits per heavy atom. The molecule has 3 aromatic rings. The fourth-order valence-corrected chi connectivity index (χ4v) is 4.99. The molecular formula is C22H22NOP. The summed E-state index contributed by atoms with van der Waals surface area (Å²) in [6.07, 6.45) is 0.942. The number of rotatable bonds is 6. The maximum atomic E-state index is 12.1. The number of nitrogens with one attached hydrogen (secondary N) is 1. The van der Waals surface area contributed by atoms with Crippen molar-refractivity contribution in [3.63, 3.8) is 0 Å². The third-order valence-corrected chi connectivity index (χ3v) is 6.40. The average Bonchev–Trinajstić information content (AvgIpc) is 2.68. The number of carbonyl (C=O) groups is 1. The van der Waals surface area contributed by atoms with Crippen LogP contribution in [-0.2, 0) is 0 Å². The first-order valence-electron chi connectivity index (χ1n) is 8.58. The van der Waals surface area contributed by atoms with Crippen LogP contribution in [0.25, 0.3) is 0 Å². The summed E-state index contributed by atoms with van der Waals surface area (Å²) >= 11 is 0.